The van der Waals surface area contributed by atoms with Crippen molar-refractivity contribution in [2.75, 3.05) is 20.2 Å². The standard InChI is InChI=1S/C11H15F2NO/c1-8-5-9(7-14(2)3-4-15)11(13)6-10(8)12/h5-6,15H,3-4,7H2,1-2H3. The van der Waals surface area contributed by atoms with Crippen LogP contribution in [0.2, 0.25) is 0 Å². The highest BCUT2D eigenvalue weighted by Crippen LogP contribution is 2.15. The van der Waals surface area contributed by atoms with E-state index >= 15 is 0 Å². The van der Waals surface area contributed by atoms with Crippen LogP contribution in [0.25, 0.3) is 0 Å². The largest absolute Gasteiger partial charge is 0.395 e. The predicted octanol–water partition coefficient (Wildman–Crippen LogP) is 1.70. The Hall–Kier alpha value is -1.00. The van der Waals surface area contributed by atoms with Crippen molar-refractivity contribution < 1.29 is 13.9 Å². The van der Waals surface area contributed by atoms with Gasteiger partial charge in [-0.15, -0.1) is 0 Å². The van der Waals surface area contributed by atoms with Gasteiger partial charge in [-0.2, -0.15) is 0 Å². The van der Waals surface area contributed by atoms with Gasteiger partial charge in [-0.25, -0.2) is 8.78 Å². The molecule has 1 N–H and O–H groups in total. The Labute approximate surface area is 88.1 Å². The van der Waals surface area contributed by atoms with Gasteiger partial charge in [-0.1, -0.05) is 0 Å². The first kappa shape index (κ1) is 12.1. The van der Waals surface area contributed by atoms with Crippen LogP contribution in [0.3, 0.4) is 0 Å². The maximum Gasteiger partial charge on any atom is 0.130 e. The Morgan fingerprint density at radius 3 is 2.53 bits per heavy atom. The van der Waals surface area contributed by atoms with Crippen molar-refractivity contribution in [3.63, 3.8) is 0 Å². The highest BCUT2D eigenvalue weighted by atomic mass is 19.1. The van der Waals surface area contributed by atoms with Gasteiger partial charge in [0.15, 0.2) is 0 Å². The zero-order valence-electron chi connectivity index (χ0n) is 8.93. The average Bonchev–Trinajstić information content (AvgIpc) is 2.14. The van der Waals surface area contributed by atoms with E-state index in [1.165, 1.54) is 6.07 Å². The third kappa shape index (κ3) is 3.25. The maximum absolute atomic E-state index is 13.3. The second-order valence-corrected chi connectivity index (χ2v) is 3.65. The van der Waals surface area contributed by atoms with Gasteiger partial charge in [0.2, 0.25) is 0 Å². The molecule has 0 saturated heterocycles. The van der Waals surface area contributed by atoms with Gasteiger partial charge in [0.25, 0.3) is 0 Å². The number of aryl methyl sites for hydroxylation is 1. The summed E-state index contributed by atoms with van der Waals surface area (Å²) in [7, 11) is 1.77. The third-order valence-electron chi connectivity index (χ3n) is 2.25. The van der Waals surface area contributed by atoms with Crippen molar-refractivity contribution in [3.8, 4) is 0 Å². The summed E-state index contributed by atoms with van der Waals surface area (Å²) >= 11 is 0. The van der Waals surface area contributed by atoms with Crippen molar-refractivity contribution in [2.45, 2.75) is 13.5 Å². The van der Waals surface area contributed by atoms with E-state index in [0.717, 1.165) is 6.07 Å². The first-order valence-electron chi connectivity index (χ1n) is 4.78. The average molecular weight is 215 g/mol. The number of aliphatic hydroxyl groups excluding tert-OH is 1. The molecule has 2 nitrogen and oxygen atoms in total. The lowest BCUT2D eigenvalue weighted by Gasteiger charge is -2.16. The van der Waals surface area contributed by atoms with E-state index in [2.05, 4.69) is 0 Å². The van der Waals surface area contributed by atoms with E-state index in [9.17, 15) is 8.78 Å². The molecule has 0 unspecified atom stereocenters. The summed E-state index contributed by atoms with van der Waals surface area (Å²) in [5.74, 6) is -1.07. The fourth-order valence-corrected chi connectivity index (χ4v) is 1.38. The molecule has 0 fully saturated rings. The molecule has 4 heteroatoms. The first-order chi connectivity index (χ1) is 7.04. The molecule has 0 bridgehead atoms. The van der Waals surface area contributed by atoms with Gasteiger partial charge in [-0.3, -0.25) is 4.90 Å². The van der Waals surface area contributed by atoms with Gasteiger partial charge >= 0.3 is 0 Å². The van der Waals surface area contributed by atoms with E-state index < -0.39 is 11.6 Å². The Balaban J connectivity index is 2.81. The summed E-state index contributed by atoms with van der Waals surface area (Å²) < 4.78 is 26.3. The molecule has 0 aliphatic rings. The number of likely N-dealkylation sites (N-methyl/N-ethyl adjacent to an activating group) is 1. The lowest BCUT2D eigenvalue weighted by Crippen LogP contribution is -2.22. The molecule has 0 amide bonds. The van der Waals surface area contributed by atoms with Crippen molar-refractivity contribution >= 4 is 0 Å². The normalized spacial score (nSPS) is 11.1. The number of hydrogen-bond donors (Lipinski definition) is 1. The molecule has 0 heterocycles. The van der Waals surface area contributed by atoms with Gasteiger partial charge in [0, 0.05) is 24.7 Å². The van der Waals surface area contributed by atoms with E-state index in [0.29, 0.717) is 24.2 Å². The molecule has 1 rings (SSSR count). The van der Waals surface area contributed by atoms with Crippen molar-refractivity contribution in [2.24, 2.45) is 0 Å². The monoisotopic (exact) mass is 215 g/mol. The molecule has 0 saturated carbocycles. The topological polar surface area (TPSA) is 23.5 Å². The van der Waals surface area contributed by atoms with Crippen LogP contribution in [0.15, 0.2) is 12.1 Å². The first-order valence-corrected chi connectivity index (χ1v) is 4.78. The van der Waals surface area contributed by atoms with Crippen LogP contribution in [0.5, 0.6) is 0 Å². The number of halogens is 2. The predicted molar refractivity (Wildman–Crippen MR) is 54.5 cm³/mol. The third-order valence-corrected chi connectivity index (χ3v) is 2.25. The summed E-state index contributed by atoms with van der Waals surface area (Å²) in [6.07, 6.45) is 0. The molecule has 0 radical (unpaired) electrons. The molecule has 0 aliphatic carbocycles. The van der Waals surface area contributed by atoms with E-state index in [-0.39, 0.29) is 6.61 Å². The molecular weight excluding hydrogens is 200 g/mol. The fourth-order valence-electron chi connectivity index (χ4n) is 1.38. The van der Waals surface area contributed by atoms with Crippen LogP contribution in [0, 0.1) is 18.6 Å². The van der Waals surface area contributed by atoms with E-state index in [1.54, 1.807) is 18.9 Å². The minimum Gasteiger partial charge on any atom is -0.395 e. The van der Waals surface area contributed by atoms with Crippen LogP contribution < -0.4 is 0 Å². The fraction of sp³-hybridized carbons (Fsp3) is 0.455. The van der Waals surface area contributed by atoms with Gasteiger partial charge in [0.05, 0.1) is 6.61 Å². The van der Waals surface area contributed by atoms with Crippen LogP contribution in [0.4, 0.5) is 8.78 Å². The molecule has 1 aromatic rings. The van der Waals surface area contributed by atoms with Crippen molar-refractivity contribution in [3.05, 3.63) is 34.9 Å². The maximum atomic E-state index is 13.3. The second-order valence-electron chi connectivity index (χ2n) is 3.65. The Kier molecular flexibility index (Phi) is 4.17. The molecule has 0 spiro atoms. The lowest BCUT2D eigenvalue weighted by molar-refractivity contribution is 0.216. The molecule has 0 aliphatic heterocycles. The van der Waals surface area contributed by atoms with Crippen LogP contribution >= 0.6 is 0 Å². The highest BCUT2D eigenvalue weighted by Gasteiger charge is 2.08. The summed E-state index contributed by atoms with van der Waals surface area (Å²) in [6, 6.07) is 2.40. The zero-order chi connectivity index (χ0) is 11.4. The zero-order valence-corrected chi connectivity index (χ0v) is 8.93. The number of aliphatic hydroxyl groups is 1. The quantitative estimate of drug-likeness (QED) is 0.826. The Morgan fingerprint density at radius 1 is 1.27 bits per heavy atom. The summed E-state index contributed by atoms with van der Waals surface area (Å²) in [5.41, 5.74) is 0.883. The smallest absolute Gasteiger partial charge is 0.130 e. The van der Waals surface area contributed by atoms with Crippen molar-refractivity contribution in [1.29, 1.82) is 0 Å². The molecule has 84 valence electrons. The van der Waals surface area contributed by atoms with E-state index in [1.807, 2.05) is 0 Å². The van der Waals surface area contributed by atoms with Crippen LogP contribution in [0.1, 0.15) is 11.1 Å². The number of nitrogens with zero attached hydrogens (tertiary/aromatic N) is 1. The molecule has 0 atom stereocenters. The van der Waals surface area contributed by atoms with Gasteiger partial charge in [-0.05, 0) is 25.6 Å². The SMILES string of the molecule is Cc1cc(CN(C)CCO)c(F)cc1F. The minimum absolute atomic E-state index is 0.0261. The van der Waals surface area contributed by atoms with Crippen LogP contribution in [-0.4, -0.2) is 30.2 Å². The Morgan fingerprint density at radius 2 is 1.93 bits per heavy atom. The summed E-state index contributed by atoms with van der Waals surface area (Å²) in [5, 5.41) is 8.69. The second kappa shape index (κ2) is 5.19. The molecular formula is C11H15F2NO. The highest BCUT2D eigenvalue weighted by molar-refractivity contribution is 5.25. The van der Waals surface area contributed by atoms with Crippen LogP contribution in [-0.2, 0) is 6.54 Å². The molecule has 1 aromatic carbocycles. The van der Waals surface area contributed by atoms with Gasteiger partial charge in [0.1, 0.15) is 11.6 Å². The summed E-state index contributed by atoms with van der Waals surface area (Å²) in [4.78, 5) is 1.77. The van der Waals surface area contributed by atoms with Gasteiger partial charge < -0.3 is 5.11 Å². The molecule has 15 heavy (non-hydrogen) atoms. The molecule has 0 aromatic heterocycles. The number of benzene rings is 1. The van der Waals surface area contributed by atoms with Crippen molar-refractivity contribution in [1.82, 2.24) is 4.90 Å². The lowest BCUT2D eigenvalue weighted by atomic mass is 10.1. The Bertz CT molecular complexity index is 342. The minimum atomic E-state index is -0.539. The number of rotatable bonds is 4. The number of hydrogen-bond acceptors (Lipinski definition) is 2. The van der Waals surface area contributed by atoms with E-state index in [4.69, 9.17) is 5.11 Å². The summed E-state index contributed by atoms with van der Waals surface area (Å²) in [6.45, 7) is 2.46.